The molecule has 0 saturated heterocycles. The molecule has 1 amide bonds. The maximum atomic E-state index is 11.4. The van der Waals surface area contributed by atoms with Gasteiger partial charge in [-0.05, 0) is 0 Å². The molecule has 0 spiro atoms. The molecule has 0 radical (unpaired) electrons. The fourth-order valence-corrected chi connectivity index (χ4v) is 2.29. The van der Waals surface area contributed by atoms with Crippen molar-refractivity contribution < 1.29 is 38.1 Å². The largest absolute Gasteiger partial charge is 0.464 e. The van der Waals surface area contributed by atoms with E-state index in [2.05, 4.69) is 5.32 Å². The van der Waals surface area contributed by atoms with Gasteiger partial charge < -0.3 is 29.0 Å². The SMILES string of the molecule is COCC(OC(C)=O)C(OC)C(OC)C(COC(C)=O)NC(C)=O. The predicted octanol–water partition coefficient (Wildman–Crippen LogP) is -0.338. The van der Waals surface area contributed by atoms with Gasteiger partial charge in [-0.25, -0.2) is 0 Å². The van der Waals surface area contributed by atoms with Gasteiger partial charge in [-0.3, -0.25) is 14.4 Å². The van der Waals surface area contributed by atoms with Gasteiger partial charge in [0.25, 0.3) is 0 Å². The Balaban J connectivity index is 5.39. The quantitative estimate of drug-likeness (QED) is 0.505. The molecular weight excluding hydrogens is 322 g/mol. The Kier molecular flexibility index (Phi) is 10.9. The Morgan fingerprint density at radius 2 is 1.46 bits per heavy atom. The van der Waals surface area contributed by atoms with Crippen LogP contribution in [0, 0.1) is 0 Å². The normalized spacial score (nSPS) is 15.8. The van der Waals surface area contributed by atoms with E-state index in [-0.39, 0.29) is 19.1 Å². The highest BCUT2D eigenvalue weighted by Gasteiger charge is 2.38. The molecule has 0 aromatic carbocycles. The highest BCUT2D eigenvalue weighted by molar-refractivity contribution is 5.73. The van der Waals surface area contributed by atoms with E-state index in [9.17, 15) is 14.4 Å². The topological polar surface area (TPSA) is 109 Å². The van der Waals surface area contributed by atoms with E-state index in [0.717, 1.165) is 0 Å². The second-order valence-electron chi connectivity index (χ2n) is 5.11. The van der Waals surface area contributed by atoms with Gasteiger partial charge in [-0.2, -0.15) is 0 Å². The second kappa shape index (κ2) is 11.8. The Hall–Kier alpha value is -1.71. The van der Waals surface area contributed by atoms with Crippen molar-refractivity contribution in [3.05, 3.63) is 0 Å². The monoisotopic (exact) mass is 349 g/mol. The van der Waals surface area contributed by atoms with Crippen molar-refractivity contribution in [2.45, 2.75) is 45.1 Å². The molecule has 0 heterocycles. The minimum absolute atomic E-state index is 0.0678. The number of esters is 2. The van der Waals surface area contributed by atoms with Gasteiger partial charge in [0.1, 0.15) is 18.8 Å². The van der Waals surface area contributed by atoms with Crippen molar-refractivity contribution in [1.82, 2.24) is 5.32 Å². The van der Waals surface area contributed by atoms with E-state index in [1.165, 1.54) is 42.1 Å². The molecule has 0 fully saturated rings. The Morgan fingerprint density at radius 1 is 0.875 bits per heavy atom. The van der Waals surface area contributed by atoms with Crippen LogP contribution in [0.5, 0.6) is 0 Å². The number of amides is 1. The molecule has 0 aromatic heterocycles. The summed E-state index contributed by atoms with van der Waals surface area (Å²) in [7, 11) is 4.28. The van der Waals surface area contributed by atoms with E-state index in [0.29, 0.717) is 0 Å². The Bertz CT molecular complexity index is 414. The molecule has 140 valence electrons. The second-order valence-corrected chi connectivity index (χ2v) is 5.11. The minimum Gasteiger partial charge on any atom is -0.464 e. The zero-order valence-electron chi connectivity index (χ0n) is 15.0. The minimum atomic E-state index is -0.768. The van der Waals surface area contributed by atoms with Crippen LogP contribution in [-0.2, 0) is 38.1 Å². The molecule has 9 nitrogen and oxygen atoms in total. The van der Waals surface area contributed by atoms with Crippen LogP contribution in [0.3, 0.4) is 0 Å². The van der Waals surface area contributed by atoms with Gasteiger partial charge >= 0.3 is 11.9 Å². The van der Waals surface area contributed by atoms with Crippen LogP contribution in [-0.4, -0.2) is 76.7 Å². The molecular formula is C15H27NO8. The molecule has 0 aliphatic heterocycles. The number of carbonyl (C=O) groups excluding carboxylic acids is 3. The summed E-state index contributed by atoms with van der Waals surface area (Å²) < 4.78 is 26.1. The van der Waals surface area contributed by atoms with Crippen LogP contribution in [0.2, 0.25) is 0 Å². The summed E-state index contributed by atoms with van der Waals surface area (Å²) in [5.41, 5.74) is 0. The lowest BCUT2D eigenvalue weighted by atomic mass is 10.0. The summed E-state index contributed by atoms with van der Waals surface area (Å²) in [6, 6.07) is -0.698. The van der Waals surface area contributed by atoms with E-state index in [1.54, 1.807) is 0 Å². The first-order chi connectivity index (χ1) is 11.3. The van der Waals surface area contributed by atoms with E-state index in [1.807, 2.05) is 0 Å². The first-order valence-corrected chi connectivity index (χ1v) is 7.38. The molecule has 0 rings (SSSR count). The highest BCUT2D eigenvalue weighted by Crippen LogP contribution is 2.16. The maximum absolute atomic E-state index is 11.4. The Morgan fingerprint density at radius 3 is 1.83 bits per heavy atom. The van der Waals surface area contributed by atoms with Crippen molar-refractivity contribution in [3.8, 4) is 0 Å². The van der Waals surface area contributed by atoms with Crippen LogP contribution < -0.4 is 5.32 Å². The van der Waals surface area contributed by atoms with Crippen LogP contribution in [0.1, 0.15) is 20.8 Å². The van der Waals surface area contributed by atoms with Crippen molar-refractivity contribution in [2.75, 3.05) is 34.5 Å². The first-order valence-electron chi connectivity index (χ1n) is 7.38. The van der Waals surface area contributed by atoms with Crippen LogP contribution in [0.4, 0.5) is 0 Å². The lowest BCUT2D eigenvalue weighted by molar-refractivity contribution is -0.172. The van der Waals surface area contributed by atoms with E-state index < -0.39 is 36.3 Å². The van der Waals surface area contributed by atoms with Crippen LogP contribution in [0.25, 0.3) is 0 Å². The number of methoxy groups -OCH3 is 3. The first kappa shape index (κ1) is 22.3. The van der Waals surface area contributed by atoms with Crippen LogP contribution in [0.15, 0.2) is 0 Å². The summed E-state index contributed by atoms with van der Waals surface area (Å²) >= 11 is 0. The number of ether oxygens (including phenoxy) is 5. The van der Waals surface area contributed by atoms with Crippen molar-refractivity contribution in [2.24, 2.45) is 0 Å². The molecule has 0 aromatic rings. The fraction of sp³-hybridized carbons (Fsp3) is 0.800. The van der Waals surface area contributed by atoms with Crippen molar-refractivity contribution in [3.63, 3.8) is 0 Å². The molecule has 9 heteroatoms. The Labute approximate surface area is 141 Å². The maximum Gasteiger partial charge on any atom is 0.303 e. The fourth-order valence-electron chi connectivity index (χ4n) is 2.29. The van der Waals surface area contributed by atoms with Crippen LogP contribution >= 0.6 is 0 Å². The van der Waals surface area contributed by atoms with Gasteiger partial charge in [-0.1, -0.05) is 0 Å². The zero-order chi connectivity index (χ0) is 18.7. The lowest BCUT2D eigenvalue weighted by Gasteiger charge is -2.35. The summed E-state index contributed by atoms with van der Waals surface area (Å²) in [6.07, 6.45) is -2.28. The van der Waals surface area contributed by atoms with Crippen molar-refractivity contribution >= 4 is 17.8 Å². The smallest absolute Gasteiger partial charge is 0.303 e. The van der Waals surface area contributed by atoms with Gasteiger partial charge in [-0.15, -0.1) is 0 Å². The van der Waals surface area contributed by atoms with E-state index >= 15 is 0 Å². The molecule has 0 bridgehead atoms. The van der Waals surface area contributed by atoms with Gasteiger partial charge in [0.15, 0.2) is 6.10 Å². The predicted molar refractivity (Wildman–Crippen MR) is 83.3 cm³/mol. The molecule has 0 aliphatic rings. The van der Waals surface area contributed by atoms with Gasteiger partial charge in [0.05, 0.1) is 12.6 Å². The van der Waals surface area contributed by atoms with Gasteiger partial charge in [0.2, 0.25) is 5.91 Å². The summed E-state index contributed by atoms with van der Waals surface area (Å²) in [6.45, 7) is 3.80. The average molecular weight is 349 g/mol. The number of carbonyl (C=O) groups is 3. The number of nitrogens with one attached hydrogen (secondary N) is 1. The van der Waals surface area contributed by atoms with Gasteiger partial charge in [0, 0.05) is 42.1 Å². The lowest BCUT2D eigenvalue weighted by Crippen LogP contribution is -2.56. The summed E-state index contributed by atoms with van der Waals surface area (Å²) in [5, 5.41) is 2.65. The molecule has 0 saturated carbocycles. The van der Waals surface area contributed by atoms with Crippen molar-refractivity contribution in [1.29, 1.82) is 0 Å². The molecule has 24 heavy (non-hydrogen) atoms. The zero-order valence-corrected chi connectivity index (χ0v) is 15.0. The molecule has 4 atom stereocenters. The third-order valence-electron chi connectivity index (χ3n) is 3.13. The van der Waals surface area contributed by atoms with E-state index in [4.69, 9.17) is 23.7 Å². The number of hydrogen-bond donors (Lipinski definition) is 1. The standard InChI is InChI=1S/C15H27NO8/c1-9(17)16-12(7-23-10(2)18)14(21-5)15(22-6)13(8-20-4)24-11(3)19/h12-15H,7-8H2,1-6H3,(H,16,17). The summed E-state index contributed by atoms with van der Waals surface area (Å²) in [4.78, 5) is 33.8. The molecule has 4 unspecified atom stereocenters. The molecule has 1 N–H and O–H groups in total. The number of hydrogen-bond acceptors (Lipinski definition) is 8. The summed E-state index contributed by atoms with van der Waals surface area (Å²) in [5.74, 6) is -1.34. The molecule has 0 aliphatic carbocycles. The average Bonchev–Trinajstić information content (AvgIpc) is 2.47. The highest BCUT2D eigenvalue weighted by atomic mass is 16.6. The third-order valence-corrected chi connectivity index (χ3v) is 3.13. The third kappa shape index (κ3) is 8.23. The number of rotatable bonds is 11.